The van der Waals surface area contributed by atoms with Crippen molar-refractivity contribution < 1.29 is 9.59 Å². The summed E-state index contributed by atoms with van der Waals surface area (Å²) in [7, 11) is 0. The van der Waals surface area contributed by atoms with E-state index in [-0.39, 0.29) is 5.92 Å². The van der Waals surface area contributed by atoms with Gasteiger partial charge in [0.2, 0.25) is 0 Å². The Morgan fingerprint density at radius 2 is 1.96 bits per heavy atom. The second kappa shape index (κ2) is 5.18. The minimum absolute atomic E-state index is 0.219. The number of thiophene rings is 1. The molecule has 0 spiro atoms. The Morgan fingerprint density at radius 3 is 2.70 bits per heavy atom. The molecule has 2 aromatic carbocycles. The van der Waals surface area contributed by atoms with E-state index >= 15 is 0 Å². The van der Waals surface area contributed by atoms with Crippen LogP contribution in [0, 0.1) is 6.92 Å². The highest BCUT2D eigenvalue weighted by molar-refractivity contribution is 7.82. The summed E-state index contributed by atoms with van der Waals surface area (Å²) in [6, 6.07) is 12.0. The van der Waals surface area contributed by atoms with Crippen LogP contribution in [0.3, 0.4) is 0 Å². The zero-order chi connectivity index (χ0) is 16.1. The van der Waals surface area contributed by atoms with Crippen LogP contribution in [0.5, 0.6) is 0 Å². The SMILES string of the molecule is Cc1cccc2c1C(C(=S)C=O)c1cccc3sc(C=O)c-2c13. The van der Waals surface area contributed by atoms with Gasteiger partial charge in [0.1, 0.15) is 0 Å². The summed E-state index contributed by atoms with van der Waals surface area (Å²) >= 11 is 6.88. The predicted octanol–water partition coefficient (Wildman–Crippen LogP) is 4.70. The van der Waals surface area contributed by atoms with Crippen LogP contribution in [0.1, 0.15) is 32.3 Å². The number of rotatable bonds is 3. The number of hydrogen-bond donors (Lipinski definition) is 0. The molecular formula is C19H12O2S2. The molecular weight excluding hydrogens is 324 g/mol. The highest BCUT2D eigenvalue weighted by Crippen LogP contribution is 2.50. The molecule has 1 atom stereocenters. The van der Waals surface area contributed by atoms with Gasteiger partial charge >= 0.3 is 0 Å². The Labute approximate surface area is 142 Å². The first kappa shape index (κ1) is 14.4. The van der Waals surface area contributed by atoms with Gasteiger partial charge in [-0.3, -0.25) is 9.59 Å². The summed E-state index contributed by atoms with van der Waals surface area (Å²) in [6.07, 6.45) is 1.70. The lowest BCUT2D eigenvalue weighted by atomic mass is 9.75. The van der Waals surface area contributed by atoms with Gasteiger partial charge in [-0.05, 0) is 35.2 Å². The van der Waals surface area contributed by atoms with Gasteiger partial charge in [0, 0.05) is 21.6 Å². The smallest absolute Gasteiger partial charge is 0.160 e. The van der Waals surface area contributed by atoms with Gasteiger partial charge in [-0.15, -0.1) is 11.3 Å². The standard InChI is InChI=1S/C19H12O2S2/c1-10-4-2-5-11-16(10)17(13(22)8-20)12-6-3-7-14-18(12)19(11)15(9-21)23-14/h2-9,17H,1H3. The number of benzene rings is 2. The van der Waals surface area contributed by atoms with Crippen molar-refractivity contribution in [3.05, 3.63) is 58.0 Å². The monoisotopic (exact) mass is 336 g/mol. The molecule has 1 aliphatic rings. The molecule has 0 saturated heterocycles. The van der Waals surface area contributed by atoms with Crippen LogP contribution < -0.4 is 0 Å². The molecule has 0 fully saturated rings. The molecule has 0 N–H and O–H groups in total. The number of carbonyl (C=O) groups excluding carboxylic acids is 2. The van der Waals surface area contributed by atoms with Crippen molar-refractivity contribution in [1.29, 1.82) is 0 Å². The summed E-state index contributed by atoms with van der Waals surface area (Å²) < 4.78 is 1.06. The Hall–Kier alpha value is -2.17. The average molecular weight is 336 g/mol. The molecule has 0 amide bonds. The molecule has 0 aliphatic heterocycles. The summed E-state index contributed by atoms with van der Waals surface area (Å²) in [5, 5.41) is 1.06. The van der Waals surface area contributed by atoms with Crippen LogP contribution in [-0.2, 0) is 4.79 Å². The summed E-state index contributed by atoms with van der Waals surface area (Å²) in [6.45, 7) is 2.03. The third-order valence-corrected chi connectivity index (χ3v) is 5.89. The first-order chi connectivity index (χ1) is 11.2. The Balaban J connectivity index is 2.24. The van der Waals surface area contributed by atoms with Crippen molar-refractivity contribution in [3.63, 3.8) is 0 Å². The zero-order valence-corrected chi connectivity index (χ0v) is 14.0. The second-order valence-electron chi connectivity index (χ2n) is 5.67. The van der Waals surface area contributed by atoms with Gasteiger partial charge in [-0.25, -0.2) is 0 Å². The Kier molecular flexibility index (Phi) is 3.25. The molecule has 4 heteroatoms. The largest absolute Gasteiger partial charge is 0.297 e. The Bertz CT molecular complexity index is 998. The fourth-order valence-electron chi connectivity index (χ4n) is 3.59. The molecule has 2 nitrogen and oxygen atoms in total. The zero-order valence-electron chi connectivity index (χ0n) is 12.3. The van der Waals surface area contributed by atoms with Crippen molar-refractivity contribution >= 4 is 51.1 Å². The van der Waals surface area contributed by atoms with E-state index in [9.17, 15) is 9.59 Å². The highest BCUT2D eigenvalue weighted by atomic mass is 32.1. The minimum atomic E-state index is -0.219. The maximum absolute atomic E-state index is 11.6. The molecule has 112 valence electrons. The molecule has 1 unspecified atom stereocenters. The van der Waals surface area contributed by atoms with E-state index in [4.69, 9.17) is 12.2 Å². The van der Waals surface area contributed by atoms with E-state index in [1.165, 1.54) is 11.3 Å². The maximum Gasteiger partial charge on any atom is 0.160 e. The molecule has 1 heterocycles. The number of thiocarbonyl (C=S) groups is 1. The Morgan fingerprint density at radius 1 is 1.17 bits per heavy atom. The van der Waals surface area contributed by atoms with Crippen LogP contribution in [-0.4, -0.2) is 17.4 Å². The quantitative estimate of drug-likeness (QED) is 0.513. The molecule has 0 saturated carbocycles. The number of carbonyl (C=O) groups is 2. The van der Waals surface area contributed by atoms with Crippen LogP contribution in [0.25, 0.3) is 21.2 Å². The van der Waals surface area contributed by atoms with E-state index in [1.807, 2.05) is 43.3 Å². The third-order valence-electron chi connectivity index (χ3n) is 4.48. The lowest BCUT2D eigenvalue weighted by molar-refractivity contribution is -0.102. The topological polar surface area (TPSA) is 34.1 Å². The number of fused-ring (bicyclic) bond motifs is 2. The van der Waals surface area contributed by atoms with Crippen molar-refractivity contribution in [2.75, 3.05) is 0 Å². The summed E-state index contributed by atoms with van der Waals surface area (Å²) in [5.41, 5.74) is 5.17. The lowest BCUT2D eigenvalue weighted by Gasteiger charge is -2.27. The second-order valence-corrected chi connectivity index (χ2v) is 7.22. The average Bonchev–Trinajstić information content (AvgIpc) is 2.96. The van der Waals surface area contributed by atoms with Crippen molar-refractivity contribution in [1.82, 2.24) is 0 Å². The molecule has 3 aromatic rings. The predicted molar refractivity (Wildman–Crippen MR) is 97.9 cm³/mol. The highest BCUT2D eigenvalue weighted by Gasteiger charge is 2.33. The molecule has 0 radical (unpaired) electrons. The molecule has 23 heavy (non-hydrogen) atoms. The number of hydrogen-bond acceptors (Lipinski definition) is 4. The van der Waals surface area contributed by atoms with Gasteiger partial charge in [0.25, 0.3) is 0 Å². The van der Waals surface area contributed by atoms with Gasteiger partial charge in [0.05, 0.1) is 9.74 Å². The lowest BCUT2D eigenvalue weighted by Crippen LogP contribution is -2.18. The van der Waals surface area contributed by atoms with Crippen molar-refractivity contribution in [2.24, 2.45) is 0 Å². The van der Waals surface area contributed by atoms with Gasteiger partial charge < -0.3 is 0 Å². The summed E-state index contributed by atoms with van der Waals surface area (Å²) in [5.74, 6) is -0.219. The number of aryl methyl sites for hydroxylation is 1. The van der Waals surface area contributed by atoms with Crippen molar-refractivity contribution in [3.8, 4) is 11.1 Å². The van der Waals surface area contributed by atoms with E-state index in [1.54, 1.807) is 0 Å². The fourth-order valence-corrected chi connectivity index (χ4v) is 4.90. The van der Waals surface area contributed by atoms with Crippen LogP contribution in [0.2, 0.25) is 0 Å². The summed E-state index contributed by atoms with van der Waals surface area (Å²) in [4.78, 5) is 24.1. The van der Waals surface area contributed by atoms with E-state index < -0.39 is 0 Å². The molecule has 1 aromatic heterocycles. The van der Waals surface area contributed by atoms with E-state index in [2.05, 4.69) is 0 Å². The fraction of sp³-hybridized carbons (Fsp3) is 0.105. The third kappa shape index (κ3) is 1.89. The van der Waals surface area contributed by atoms with Crippen molar-refractivity contribution in [2.45, 2.75) is 12.8 Å². The van der Waals surface area contributed by atoms with E-state index in [0.717, 1.165) is 55.4 Å². The van der Waals surface area contributed by atoms with Gasteiger partial charge in [-0.1, -0.05) is 42.5 Å². The van der Waals surface area contributed by atoms with Gasteiger partial charge in [0.15, 0.2) is 12.6 Å². The van der Waals surface area contributed by atoms with Crippen LogP contribution in [0.4, 0.5) is 0 Å². The first-order valence-electron chi connectivity index (χ1n) is 7.27. The van der Waals surface area contributed by atoms with Crippen LogP contribution in [0.15, 0.2) is 36.4 Å². The molecule has 0 bridgehead atoms. The van der Waals surface area contributed by atoms with Crippen LogP contribution >= 0.6 is 23.6 Å². The normalized spacial score (nSPS) is 15.3. The van der Waals surface area contributed by atoms with Gasteiger partial charge in [-0.2, -0.15) is 0 Å². The minimum Gasteiger partial charge on any atom is -0.297 e. The first-order valence-corrected chi connectivity index (χ1v) is 8.49. The molecule has 1 aliphatic carbocycles. The van der Waals surface area contributed by atoms with E-state index in [0.29, 0.717) is 4.86 Å². The molecule has 4 rings (SSSR count). The maximum atomic E-state index is 11.6. The number of aldehydes is 2.